The van der Waals surface area contributed by atoms with Crippen molar-refractivity contribution in [2.45, 2.75) is 20.3 Å². The van der Waals surface area contributed by atoms with E-state index in [2.05, 4.69) is 6.58 Å². The predicted octanol–water partition coefficient (Wildman–Crippen LogP) is 4.55. The Hall–Kier alpha value is -3.93. The highest BCUT2D eigenvalue weighted by molar-refractivity contribution is 5.86. The highest BCUT2D eigenvalue weighted by Gasteiger charge is 2.14. The molecule has 6 nitrogen and oxygen atoms in total. The zero-order valence-corrected chi connectivity index (χ0v) is 16.6. The Morgan fingerprint density at radius 1 is 1.03 bits per heavy atom. The summed E-state index contributed by atoms with van der Waals surface area (Å²) in [7, 11) is 0. The van der Waals surface area contributed by atoms with Crippen LogP contribution in [-0.4, -0.2) is 5.97 Å². The van der Waals surface area contributed by atoms with Gasteiger partial charge < -0.3 is 13.6 Å². The maximum atomic E-state index is 11.4. The molecule has 0 N–H and O–H groups in total. The normalized spacial score (nSPS) is 10.3. The molecule has 0 spiro atoms. The fraction of sp³-hybridized carbons (Fsp3) is 0.125. The van der Waals surface area contributed by atoms with Crippen LogP contribution in [0, 0.1) is 6.92 Å². The summed E-state index contributed by atoms with van der Waals surface area (Å²) in [5.74, 6) is -0.00547. The number of aryl methyl sites for hydroxylation is 1. The molecule has 0 aliphatic rings. The molecule has 0 bridgehead atoms. The van der Waals surface area contributed by atoms with Gasteiger partial charge in [0.05, 0.1) is 0 Å². The third-order valence-electron chi connectivity index (χ3n) is 4.31. The molecule has 0 saturated heterocycles. The maximum Gasteiger partial charge on any atom is 0.336 e. The number of hydrogen-bond donors (Lipinski definition) is 0. The average Bonchev–Trinajstić information content (AvgIpc) is 2.70. The summed E-state index contributed by atoms with van der Waals surface area (Å²) in [6, 6.07) is 15.4. The number of fused-ring (bicyclic) bond motifs is 2. The molecule has 2 aromatic heterocycles. The summed E-state index contributed by atoms with van der Waals surface area (Å²) in [4.78, 5) is 33.2. The van der Waals surface area contributed by atoms with Crippen molar-refractivity contribution in [1.29, 1.82) is 0 Å². The van der Waals surface area contributed by atoms with E-state index in [0.29, 0.717) is 28.9 Å². The lowest BCUT2D eigenvalue weighted by atomic mass is 10.0. The number of rotatable bonds is 3. The van der Waals surface area contributed by atoms with E-state index < -0.39 is 11.6 Å². The van der Waals surface area contributed by atoms with Gasteiger partial charge >= 0.3 is 17.2 Å². The number of allylic oxidation sites excluding steroid dienone is 1. The molecule has 30 heavy (non-hydrogen) atoms. The van der Waals surface area contributed by atoms with Gasteiger partial charge in [0.25, 0.3) is 0 Å². The first kappa shape index (κ1) is 20.8. The van der Waals surface area contributed by atoms with E-state index in [1.807, 2.05) is 25.1 Å². The quantitative estimate of drug-likeness (QED) is 0.215. The van der Waals surface area contributed by atoms with Gasteiger partial charge in [-0.2, -0.15) is 0 Å². The van der Waals surface area contributed by atoms with Crippen molar-refractivity contribution in [3.05, 3.63) is 99.2 Å². The summed E-state index contributed by atoms with van der Waals surface area (Å²) >= 11 is 0. The molecule has 4 rings (SSSR count). The lowest BCUT2D eigenvalue weighted by Gasteiger charge is -2.11. The number of benzene rings is 2. The second-order valence-electron chi connectivity index (χ2n) is 6.55. The lowest BCUT2D eigenvalue weighted by molar-refractivity contribution is -0.131. The van der Waals surface area contributed by atoms with Gasteiger partial charge in [0.1, 0.15) is 16.9 Å². The second-order valence-corrected chi connectivity index (χ2v) is 6.55. The van der Waals surface area contributed by atoms with Crippen molar-refractivity contribution in [3.8, 4) is 5.75 Å². The monoisotopic (exact) mass is 404 g/mol. The molecule has 0 fully saturated rings. The van der Waals surface area contributed by atoms with Crippen molar-refractivity contribution >= 4 is 27.9 Å². The highest BCUT2D eigenvalue weighted by Crippen LogP contribution is 2.31. The molecule has 4 aromatic rings. The molecule has 0 aliphatic heterocycles. The van der Waals surface area contributed by atoms with Crippen LogP contribution in [0.5, 0.6) is 5.75 Å². The van der Waals surface area contributed by atoms with Crippen LogP contribution in [0.3, 0.4) is 0 Å². The summed E-state index contributed by atoms with van der Waals surface area (Å²) in [6.07, 6.45) is 2.12. The summed E-state index contributed by atoms with van der Waals surface area (Å²) in [5, 5.41) is 1.78. The van der Waals surface area contributed by atoms with Crippen LogP contribution in [0.15, 0.2) is 85.7 Å². The number of para-hydroxylation sites is 1. The van der Waals surface area contributed by atoms with Crippen LogP contribution in [0.1, 0.15) is 18.1 Å². The summed E-state index contributed by atoms with van der Waals surface area (Å²) < 4.78 is 15.3. The number of hydrogen-bond acceptors (Lipinski definition) is 6. The first-order chi connectivity index (χ1) is 14.4. The molecule has 6 heteroatoms. The zero-order valence-electron chi connectivity index (χ0n) is 16.6. The number of carbonyl (C=O) groups is 1. The molecule has 0 radical (unpaired) electrons. The topological polar surface area (TPSA) is 86.7 Å². The van der Waals surface area contributed by atoms with Gasteiger partial charge in [-0.1, -0.05) is 24.3 Å². The van der Waals surface area contributed by atoms with Crippen molar-refractivity contribution in [2.24, 2.45) is 0 Å². The minimum atomic E-state index is -0.433. The standard InChI is InChI=1S/C15H14O4.C9H6O2/c1-4-5-12-13(18-10(3)16)8-9(2)11-6-7-14(17)19-15(11)12;10-9-6-5-7-3-1-2-4-8(7)11-9/h4,6-8H,1,5H2,2-3H3;1-6H. The first-order valence-corrected chi connectivity index (χ1v) is 9.23. The molecule has 2 heterocycles. The Morgan fingerprint density at radius 3 is 2.47 bits per heavy atom. The smallest absolute Gasteiger partial charge is 0.336 e. The van der Waals surface area contributed by atoms with Gasteiger partial charge in [0.2, 0.25) is 0 Å². The Bertz CT molecular complexity index is 1340. The molecule has 0 amide bonds. The fourth-order valence-corrected chi connectivity index (χ4v) is 3.02. The lowest BCUT2D eigenvalue weighted by Crippen LogP contribution is -2.06. The van der Waals surface area contributed by atoms with Crippen molar-refractivity contribution in [2.75, 3.05) is 0 Å². The number of ether oxygens (including phenoxy) is 1. The highest BCUT2D eigenvalue weighted by atomic mass is 16.5. The van der Waals surface area contributed by atoms with Crippen LogP contribution in [0.4, 0.5) is 0 Å². The van der Waals surface area contributed by atoms with Gasteiger partial charge in [0.15, 0.2) is 0 Å². The van der Waals surface area contributed by atoms with Gasteiger partial charge in [-0.3, -0.25) is 4.79 Å². The largest absolute Gasteiger partial charge is 0.426 e. The molecule has 0 saturated carbocycles. The molecular formula is C24H20O6. The zero-order chi connectivity index (χ0) is 21.7. The van der Waals surface area contributed by atoms with Crippen LogP contribution in [0.2, 0.25) is 0 Å². The van der Waals surface area contributed by atoms with Crippen LogP contribution in [0.25, 0.3) is 21.9 Å². The van der Waals surface area contributed by atoms with Crippen LogP contribution in [-0.2, 0) is 11.2 Å². The molecule has 152 valence electrons. The van der Waals surface area contributed by atoms with E-state index in [-0.39, 0.29) is 5.63 Å². The van der Waals surface area contributed by atoms with E-state index in [0.717, 1.165) is 16.3 Å². The fourth-order valence-electron chi connectivity index (χ4n) is 3.02. The van der Waals surface area contributed by atoms with Gasteiger partial charge in [-0.25, -0.2) is 9.59 Å². The Labute approximate surface area is 172 Å². The Kier molecular flexibility index (Phi) is 6.27. The second kappa shape index (κ2) is 9.05. The third kappa shape index (κ3) is 4.72. The van der Waals surface area contributed by atoms with Crippen LogP contribution >= 0.6 is 0 Å². The number of esters is 1. The van der Waals surface area contributed by atoms with Gasteiger partial charge in [-0.15, -0.1) is 6.58 Å². The first-order valence-electron chi connectivity index (χ1n) is 9.23. The third-order valence-corrected chi connectivity index (χ3v) is 4.31. The maximum absolute atomic E-state index is 11.4. The summed E-state index contributed by atoms with van der Waals surface area (Å²) in [5.41, 5.74) is 1.89. The van der Waals surface area contributed by atoms with Crippen molar-refractivity contribution in [1.82, 2.24) is 0 Å². The van der Waals surface area contributed by atoms with E-state index in [1.165, 1.54) is 19.1 Å². The van der Waals surface area contributed by atoms with Gasteiger partial charge in [-0.05, 0) is 43.2 Å². The van der Waals surface area contributed by atoms with Gasteiger partial charge in [0, 0.05) is 35.4 Å². The Balaban J connectivity index is 0.000000196. The molecule has 0 aliphatic carbocycles. The van der Waals surface area contributed by atoms with E-state index in [9.17, 15) is 14.4 Å². The van der Waals surface area contributed by atoms with E-state index in [1.54, 1.807) is 30.3 Å². The van der Waals surface area contributed by atoms with Crippen LogP contribution < -0.4 is 16.0 Å². The molecule has 0 unspecified atom stereocenters. The summed E-state index contributed by atoms with van der Waals surface area (Å²) in [6.45, 7) is 6.87. The molecular weight excluding hydrogens is 384 g/mol. The Morgan fingerprint density at radius 2 is 1.73 bits per heavy atom. The van der Waals surface area contributed by atoms with Crippen molar-refractivity contribution < 1.29 is 18.4 Å². The minimum Gasteiger partial charge on any atom is -0.426 e. The SMILES string of the molecule is C=CCc1c(OC(C)=O)cc(C)c2ccc(=O)oc12.O=c1ccc2ccccc2o1. The minimum absolute atomic E-state index is 0.302. The van der Waals surface area contributed by atoms with E-state index >= 15 is 0 Å². The van der Waals surface area contributed by atoms with E-state index in [4.69, 9.17) is 13.6 Å². The van der Waals surface area contributed by atoms with Crippen molar-refractivity contribution in [3.63, 3.8) is 0 Å². The number of carbonyl (C=O) groups excluding carboxylic acids is 1. The molecule has 0 atom stereocenters. The predicted molar refractivity (Wildman–Crippen MR) is 115 cm³/mol. The molecule has 2 aromatic carbocycles. The average molecular weight is 404 g/mol.